The van der Waals surface area contributed by atoms with Gasteiger partial charge < -0.3 is 10.2 Å². The molecule has 0 fully saturated rings. The van der Waals surface area contributed by atoms with Crippen LogP contribution in [-0.4, -0.2) is 10.2 Å². The van der Waals surface area contributed by atoms with Crippen molar-refractivity contribution in [3.8, 4) is 11.5 Å². The van der Waals surface area contributed by atoms with Crippen LogP contribution < -0.4 is 0 Å². The van der Waals surface area contributed by atoms with Gasteiger partial charge >= 0.3 is 0 Å². The van der Waals surface area contributed by atoms with E-state index in [4.69, 9.17) is 5.11 Å². The summed E-state index contributed by atoms with van der Waals surface area (Å²) in [6, 6.07) is 4.06. The maximum atomic E-state index is 9.19. The Hall–Kier alpha value is -0.0761. The number of phenols is 2. The monoisotopic (exact) mass is 226 g/mol. The van der Waals surface area contributed by atoms with Crippen LogP contribution in [0.5, 0.6) is 11.5 Å². The van der Waals surface area contributed by atoms with Crippen molar-refractivity contribution >= 4 is 0 Å². The van der Waals surface area contributed by atoms with Gasteiger partial charge in [0.05, 0.1) is 0 Å². The van der Waals surface area contributed by atoms with Crippen LogP contribution in [-0.2, 0) is 32.7 Å². The average molecular weight is 226 g/mol. The molecule has 2 N–H and O–H groups in total. The van der Waals surface area contributed by atoms with Gasteiger partial charge in [0.2, 0.25) is 0 Å². The molecule has 1 aromatic rings. The third kappa shape index (κ3) is 2.46. The fourth-order valence-corrected chi connectivity index (χ4v) is 0.857. The van der Waals surface area contributed by atoms with E-state index in [1.165, 1.54) is 6.07 Å². The fraction of sp³-hybridized carbons (Fsp3) is 0.250. The van der Waals surface area contributed by atoms with Gasteiger partial charge in [-0.3, -0.25) is 0 Å². The molecule has 0 heterocycles. The number of benzene rings is 1. The minimum absolute atomic E-state index is 0. The Morgan fingerprint density at radius 1 is 1.27 bits per heavy atom. The van der Waals surface area contributed by atoms with Crippen molar-refractivity contribution in [3.63, 3.8) is 0 Å². The van der Waals surface area contributed by atoms with E-state index in [1.54, 1.807) is 13.8 Å². The molecule has 0 saturated carbocycles. The summed E-state index contributed by atoms with van der Waals surface area (Å²) in [6.07, 6.45) is 0. The number of rotatable bonds is 0. The standard InChI is InChI=1S/C8H9O2.Y/c1-5-3-7(9)4-6(2)8(5)10;/h3,9-10H,1-2H3;/q-1;. The zero-order valence-corrected chi connectivity index (χ0v) is 9.39. The number of aromatic hydroxyl groups is 2. The third-order valence-electron chi connectivity index (χ3n) is 1.40. The zero-order chi connectivity index (χ0) is 7.72. The first-order valence-corrected chi connectivity index (χ1v) is 3.02. The number of hydrogen-bond acceptors (Lipinski definition) is 2. The zero-order valence-electron chi connectivity index (χ0n) is 6.55. The van der Waals surface area contributed by atoms with Crippen molar-refractivity contribution in [2.45, 2.75) is 13.8 Å². The van der Waals surface area contributed by atoms with E-state index in [2.05, 4.69) is 6.07 Å². The van der Waals surface area contributed by atoms with E-state index in [0.29, 0.717) is 11.1 Å². The van der Waals surface area contributed by atoms with Crippen LogP contribution in [0, 0.1) is 19.9 Å². The van der Waals surface area contributed by atoms with Gasteiger partial charge in [-0.2, -0.15) is 0 Å². The van der Waals surface area contributed by atoms with E-state index in [-0.39, 0.29) is 44.2 Å². The van der Waals surface area contributed by atoms with Crippen LogP contribution >= 0.6 is 0 Å². The van der Waals surface area contributed by atoms with Gasteiger partial charge in [0.15, 0.2) is 0 Å². The Balaban J connectivity index is 0.000001000. The molecule has 0 bridgehead atoms. The summed E-state index contributed by atoms with van der Waals surface area (Å²) in [5.41, 5.74) is 1.26. The summed E-state index contributed by atoms with van der Waals surface area (Å²) in [4.78, 5) is 0. The molecule has 57 valence electrons. The van der Waals surface area contributed by atoms with Crippen molar-refractivity contribution < 1.29 is 42.9 Å². The van der Waals surface area contributed by atoms with Gasteiger partial charge in [-0.25, -0.2) is 0 Å². The Labute approximate surface area is 91.1 Å². The quantitative estimate of drug-likeness (QED) is 0.520. The molecule has 1 radical (unpaired) electrons. The fourth-order valence-electron chi connectivity index (χ4n) is 0.857. The first-order chi connectivity index (χ1) is 4.61. The minimum Gasteiger partial charge on any atom is -0.565 e. The van der Waals surface area contributed by atoms with Crippen LogP contribution in [0.3, 0.4) is 0 Å². The topological polar surface area (TPSA) is 40.5 Å². The minimum atomic E-state index is 0. The van der Waals surface area contributed by atoms with Crippen molar-refractivity contribution in [2.75, 3.05) is 0 Å². The van der Waals surface area contributed by atoms with Gasteiger partial charge in [0, 0.05) is 44.2 Å². The molecule has 11 heavy (non-hydrogen) atoms. The van der Waals surface area contributed by atoms with Gasteiger partial charge in [-0.15, -0.1) is 23.3 Å². The molecule has 1 aromatic carbocycles. The normalized spacial score (nSPS) is 8.91. The predicted molar refractivity (Wildman–Crippen MR) is 38.1 cm³/mol. The maximum absolute atomic E-state index is 9.19. The number of hydrogen-bond donors (Lipinski definition) is 2. The van der Waals surface area contributed by atoms with Crippen molar-refractivity contribution in [3.05, 3.63) is 23.3 Å². The summed E-state index contributed by atoms with van der Waals surface area (Å²) in [6.45, 7) is 3.43. The first kappa shape index (κ1) is 10.9. The van der Waals surface area contributed by atoms with E-state index in [0.717, 1.165) is 0 Å². The van der Waals surface area contributed by atoms with Gasteiger partial charge in [-0.05, 0) is 0 Å². The van der Waals surface area contributed by atoms with Crippen LogP contribution in [0.25, 0.3) is 0 Å². The van der Waals surface area contributed by atoms with E-state index < -0.39 is 0 Å². The van der Waals surface area contributed by atoms with Crippen LogP contribution in [0.15, 0.2) is 6.07 Å². The molecule has 0 aliphatic heterocycles. The van der Waals surface area contributed by atoms with E-state index in [1.807, 2.05) is 0 Å². The second-order valence-electron chi connectivity index (χ2n) is 2.31. The summed E-state index contributed by atoms with van der Waals surface area (Å²) in [5, 5.41) is 18.1. The summed E-state index contributed by atoms with van der Waals surface area (Å²) in [7, 11) is 0. The molecule has 0 aliphatic carbocycles. The molecule has 0 unspecified atom stereocenters. The molecule has 0 spiro atoms. The Morgan fingerprint density at radius 2 is 1.82 bits per heavy atom. The van der Waals surface area contributed by atoms with Crippen LogP contribution in [0.2, 0.25) is 0 Å². The first-order valence-electron chi connectivity index (χ1n) is 3.02. The molecule has 1 rings (SSSR count). The Morgan fingerprint density at radius 3 is 2.27 bits per heavy atom. The number of aryl methyl sites for hydroxylation is 2. The predicted octanol–water partition coefficient (Wildman–Crippen LogP) is 1.51. The van der Waals surface area contributed by atoms with Crippen LogP contribution in [0.1, 0.15) is 11.1 Å². The molecular weight excluding hydrogens is 217 g/mol. The van der Waals surface area contributed by atoms with Crippen molar-refractivity contribution in [1.29, 1.82) is 0 Å². The van der Waals surface area contributed by atoms with Gasteiger partial charge in [0.1, 0.15) is 0 Å². The SMILES string of the molecule is Cc1[c-]c(O)cc(C)c1O.[Y]. The van der Waals surface area contributed by atoms with Crippen LogP contribution in [0.4, 0.5) is 0 Å². The molecule has 0 atom stereocenters. The molecule has 2 nitrogen and oxygen atoms in total. The second-order valence-corrected chi connectivity index (χ2v) is 2.31. The Bertz CT molecular complexity index is 235. The smallest absolute Gasteiger partial charge is 0.00924 e. The molecule has 0 aliphatic rings. The molecular formula is C8H9O2Y-. The van der Waals surface area contributed by atoms with Gasteiger partial charge in [-0.1, -0.05) is 13.8 Å². The maximum Gasteiger partial charge on any atom is 0.00924 e. The van der Waals surface area contributed by atoms with Gasteiger partial charge in [0.25, 0.3) is 0 Å². The molecule has 0 saturated heterocycles. The third-order valence-corrected chi connectivity index (χ3v) is 1.40. The van der Waals surface area contributed by atoms with E-state index in [9.17, 15) is 5.11 Å². The molecule has 0 aromatic heterocycles. The van der Waals surface area contributed by atoms with Crippen molar-refractivity contribution in [1.82, 2.24) is 0 Å². The largest absolute Gasteiger partial charge is 0.565 e. The second kappa shape index (κ2) is 4.08. The summed E-state index contributed by atoms with van der Waals surface area (Å²) in [5.74, 6) is 0.283. The number of phenolic OH excluding ortho intramolecular Hbond substituents is 2. The summed E-state index contributed by atoms with van der Waals surface area (Å²) < 4.78 is 0. The molecule has 3 heteroatoms. The molecule has 0 amide bonds. The van der Waals surface area contributed by atoms with E-state index >= 15 is 0 Å². The Kier molecular flexibility index (Phi) is 4.05. The van der Waals surface area contributed by atoms with Crippen molar-refractivity contribution in [2.24, 2.45) is 0 Å². The average Bonchev–Trinajstić information content (AvgIpc) is 1.82. The summed E-state index contributed by atoms with van der Waals surface area (Å²) >= 11 is 0.